The maximum Gasteiger partial charge on any atom is 0.147 e. The normalized spacial score (nSPS) is 13.8. The Morgan fingerprint density at radius 3 is 2.47 bits per heavy atom. The molecule has 0 aromatic heterocycles. The minimum Gasteiger partial charge on any atom is -0.369 e. The average Bonchev–Trinajstić information content (AvgIpc) is 2.93. The van der Waals surface area contributed by atoms with E-state index in [2.05, 4.69) is 0 Å². The van der Waals surface area contributed by atoms with Crippen LogP contribution in [0.25, 0.3) is 6.08 Å². The van der Waals surface area contributed by atoms with Crippen LogP contribution in [-0.2, 0) is 0 Å². The molecule has 0 bridgehead atoms. The van der Waals surface area contributed by atoms with Crippen molar-refractivity contribution in [2.24, 2.45) is 0 Å². The van der Waals surface area contributed by atoms with E-state index in [0.717, 1.165) is 31.5 Å². The summed E-state index contributed by atoms with van der Waals surface area (Å²) in [5.74, 6) is -0.297. The first-order chi connectivity index (χ1) is 9.15. The summed E-state index contributed by atoms with van der Waals surface area (Å²) in [6.45, 7) is 3.62. The van der Waals surface area contributed by atoms with Gasteiger partial charge in [-0.15, -0.1) is 0 Å². The molecule has 1 aromatic carbocycles. The number of nitriles is 2. The lowest BCUT2D eigenvalue weighted by atomic mass is 10.0. The van der Waals surface area contributed by atoms with Gasteiger partial charge in [-0.1, -0.05) is 0 Å². The van der Waals surface area contributed by atoms with Crippen LogP contribution in [0.15, 0.2) is 17.7 Å². The standard InChI is InChI=1S/C15H14FN3/c1-11-6-15(19-4-2-3-5-19)14(16)8-13(11)7-12(9-17)10-18/h6-8H,2-5H2,1H3. The molecule has 1 heterocycles. The minimum atomic E-state index is -0.297. The molecule has 1 aromatic rings. The number of aryl methyl sites for hydroxylation is 1. The van der Waals surface area contributed by atoms with Gasteiger partial charge in [0, 0.05) is 13.1 Å². The summed E-state index contributed by atoms with van der Waals surface area (Å²) in [7, 11) is 0. The fraction of sp³-hybridized carbons (Fsp3) is 0.333. The second-order valence-electron chi connectivity index (χ2n) is 4.64. The highest BCUT2D eigenvalue weighted by Crippen LogP contribution is 2.27. The van der Waals surface area contributed by atoms with Gasteiger partial charge in [0.15, 0.2) is 0 Å². The van der Waals surface area contributed by atoms with Gasteiger partial charge >= 0.3 is 0 Å². The van der Waals surface area contributed by atoms with Gasteiger partial charge in [0.2, 0.25) is 0 Å². The van der Waals surface area contributed by atoms with Crippen LogP contribution in [-0.4, -0.2) is 13.1 Å². The lowest BCUT2D eigenvalue weighted by Crippen LogP contribution is -2.19. The molecule has 1 fully saturated rings. The molecule has 0 saturated carbocycles. The van der Waals surface area contributed by atoms with Gasteiger partial charge in [-0.2, -0.15) is 10.5 Å². The van der Waals surface area contributed by atoms with E-state index in [1.165, 1.54) is 12.1 Å². The van der Waals surface area contributed by atoms with Gasteiger partial charge in [0.05, 0.1) is 5.69 Å². The van der Waals surface area contributed by atoms with Crippen molar-refractivity contribution in [1.29, 1.82) is 10.5 Å². The molecule has 96 valence electrons. The summed E-state index contributed by atoms with van der Waals surface area (Å²) in [4.78, 5) is 2.03. The van der Waals surface area contributed by atoms with Crippen molar-refractivity contribution in [2.45, 2.75) is 19.8 Å². The van der Waals surface area contributed by atoms with E-state index in [-0.39, 0.29) is 11.4 Å². The molecule has 1 saturated heterocycles. The maximum absolute atomic E-state index is 14.1. The van der Waals surface area contributed by atoms with Crippen LogP contribution in [0, 0.1) is 35.4 Å². The second kappa shape index (κ2) is 5.54. The Morgan fingerprint density at radius 1 is 1.26 bits per heavy atom. The molecule has 0 amide bonds. The summed E-state index contributed by atoms with van der Waals surface area (Å²) < 4.78 is 14.1. The number of hydrogen-bond donors (Lipinski definition) is 0. The van der Waals surface area contributed by atoms with Crippen LogP contribution in [0.3, 0.4) is 0 Å². The Labute approximate surface area is 112 Å². The Hall–Kier alpha value is -2.33. The smallest absolute Gasteiger partial charge is 0.147 e. The lowest BCUT2D eigenvalue weighted by Gasteiger charge is -2.19. The molecular weight excluding hydrogens is 241 g/mol. The quantitative estimate of drug-likeness (QED) is 0.763. The highest BCUT2D eigenvalue weighted by atomic mass is 19.1. The van der Waals surface area contributed by atoms with Crippen molar-refractivity contribution < 1.29 is 4.39 Å². The summed E-state index contributed by atoms with van der Waals surface area (Å²) in [6.07, 6.45) is 3.60. The second-order valence-corrected chi connectivity index (χ2v) is 4.64. The number of benzene rings is 1. The molecule has 0 radical (unpaired) electrons. The summed E-state index contributed by atoms with van der Waals surface area (Å²) in [6, 6.07) is 6.76. The summed E-state index contributed by atoms with van der Waals surface area (Å²) >= 11 is 0. The monoisotopic (exact) mass is 255 g/mol. The third-order valence-electron chi connectivity index (χ3n) is 3.32. The van der Waals surface area contributed by atoms with Crippen LogP contribution >= 0.6 is 0 Å². The van der Waals surface area contributed by atoms with Crippen molar-refractivity contribution in [3.8, 4) is 12.1 Å². The number of hydrogen-bond acceptors (Lipinski definition) is 3. The van der Waals surface area contributed by atoms with Crippen molar-refractivity contribution in [3.05, 3.63) is 34.6 Å². The highest BCUT2D eigenvalue weighted by Gasteiger charge is 2.17. The Bertz CT molecular complexity index is 583. The summed E-state index contributed by atoms with van der Waals surface area (Å²) in [5.41, 5.74) is 2.05. The largest absolute Gasteiger partial charge is 0.369 e. The fourth-order valence-electron chi connectivity index (χ4n) is 2.28. The van der Waals surface area contributed by atoms with Gasteiger partial charge in [-0.05, 0) is 49.1 Å². The maximum atomic E-state index is 14.1. The molecule has 0 aliphatic carbocycles. The fourth-order valence-corrected chi connectivity index (χ4v) is 2.28. The summed E-state index contributed by atoms with van der Waals surface area (Å²) in [5, 5.41) is 17.5. The Kier molecular flexibility index (Phi) is 3.82. The van der Waals surface area contributed by atoms with Crippen molar-refractivity contribution in [3.63, 3.8) is 0 Å². The van der Waals surface area contributed by atoms with E-state index in [1.54, 1.807) is 18.2 Å². The average molecular weight is 255 g/mol. The first kappa shape index (κ1) is 13.1. The molecule has 2 rings (SSSR count). The molecule has 1 aliphatic rings. The van der Waals surface area contributed by atoms with E-state index < -0.39 is 0 Å². The van der Waals surface area contributed by atoms with Crippen molar-refractivity contribution >= 4 is 11.8 Å². The molecule has 0 unspecified atom stereocenters. The van der Waals surface area contributed by atoms with E-state index in [4.69, 9.17) is 10.5 Å². The van der Waals surface area contributed by atoms with Gasteiger partial charge in [0.1, 0.15) is 23.5 Å². The van der Waals surface area contributed by atoms with Gasteiger partial charge in [-0.3, -0.25) is 0 Å². The number of nitrogens with zero attached hydrogens (tertiary/aromatic N) is 3. The lowest BCUT2D eigenvalue weighted by molar-refractivity contribution is 0.622. The van der Waals surface area contributed by atoms with Crippen LogP contribution in [0.5, 0.6) is 0 Å². The first-order valence-electron chi connectivity index (χ1n) is 6.22. The zero-order valence-electron chi connectivity index (χ0n) is 10.8. The molecule has 3 nitrogen and oxygen atoms in total. The van der Waals surface area contributed by atoms with E-state index in [1.807, 2.05) is 11.8 Å². The number of rotatable bonds is 2. The third-order valence-corrected chi connectivity index (χ3v) is 3.32. The van der Waals surface area contributed by atoms with E-state index in [0.29, 0.717) is 11.3 Å². The van der Waals surface area contributed by atoms with E-state index >= 15 is 0 Å². The highest BCUT2D eigenvalue weighted by molar-refractivity contribution is 5.67. The Morgan fingerprint density at radius 2 is 1.89 bits per heavy atom. The molecule has 1 aliphatic heterocycles. The minimum absolute atomic E-state index is 0.0172. The molecule has 19 heavy (non-hydrogen) atoms. The van der Waals surface area contributed by atoms with E-state index in [9.17, 15) is 4.39 Å². The van der Waals surface area contributed by atoms with Gasteiger partial charge < -0.3 is 4.90 Å². The van der Waals surface area contributed by atoms with Crippen LogP contribution in [0.2, 0.25) is 0 Å². The predicted molar refractivity (Wildman–Crippen MR) is 71.8 cm³/mol. The topological polar surface area (TPSA) is 50.8 Å². The first-order valence-corrected chi connectivity index (χ1v) is 6.22. The zero-order valence-corrected chi connectivity index (χ0v) is 10.8. The molecule has 4 heteroatoms. The van der Waals surface area contributed by atoms with Crippen LogP contribution in [0.4, 0.5) is 10.1 Å². The molecule has 0 spiro atoms. The Balaban J connectivity index is 2.40. The molecule has 0 atom stereocenters. The number of anilines is 1. The van der Waals surface area contributed by atoms with Crippen molar-refractivity contribution in [2.75, 3.05) is 18.0 Å². The number of halogens is 1. The predicted octanol–water partition coefficient (Wildman–Crippen LogP) is 3.16. The van der Waals surface area contributed by atoms with Crippen LogP contribution in [0.1, 0.15) is 24.0 Å². The number of allylic oxidation sites excluding steroid dienone is 1. The van der Waals surface area contributed by atoms with Gasteiger partial charge in [0.25, 0.3) is 0 Å². The molecule has 0 N–H and O–H groups in total. The van der Waals surface area contributed by atoms with Gasteiger partial charge in [-0.25, -0.2) is 4.39 Å². The van der Waals surface area contributed by atoms with Crippen LogP contribution < -0.4 is 4.90 Å². The molecular formula is C15H14FN3. The zero-order chi connectivity index (χ0) is 13.8. The van der Waals surface area contributed by atoms with Crippen molar-refractivity contribution in [1.82, 2.24) is 0 Å². The third kappa shape index (κ3) is 2.74. The SMILES string of the molecule is Cc1cc(N2CCCC2)c(F)cc1C=C(C#N)C#N.